The van der Waals surface area contributed by atoms with Crippen LogP contribution in [0.4, 0.5) is 4.39 Å². The average molecular weight is 469 g/mol. The third-order valence-corrected chi connectivity index (χ3v) is 4.94. The first-order valence-corrected chi connectivity index (χ1v) is 9.17. The van der Waals surface area contributed by atoms with Crippen molar-refractivity contribution in [3.8, 4) is 5.69 Å². The Labute approximate surface area is 161 Å². The molecule has 136 valence electrons. The smallest absolute Gasteiger partial charge is 0.296 e. The largest absolute Gasteiger partial charge is 0.337 e. The molecule has 6 nitrogen and oxygen atoms in total. The Morgan fingerprint density at radius 1 is 1.12 bits per heavy atom. The van der Waals surface area contributed by atoms with Gasteiger partial charge in [0.15, 0.2) is 0 Å². The third-order valence-electron chi connectivity index (χ3n) is 4.27. The number of hydrogen-bond acceptors (Lipinski definition) is 3. The molecule has 3 aromatic rings. The number of halogens is 2. The lowest BCUT2D eigenvalue weighted by Crippen LogP contribution is -2.42. The van der Waals surface area contributed by atoms with Crippen LogP contribution in [0, 0.1) is 16.3 Å². The fraction of sp³-hybridized carbons (Fsp3) is 0.278. The van der Waals surface area contributed by atoms with E-state index >= 15 is 0 Å². The Bertz CT molecular complexity index is 1210. The Hall–Kier alpha value is -2.23. The van der Waals surface area contributed by atoms with Gasteiger partial charge in [-0.2, -0.15) is 0 Å². The van der Waals surface area contributed by atoms with Gasteiger partial charge in [-0.3, -0.25) is 18.7 Å². The first-order chi connectivity index (χ1) is 12.3. The molecule has 8 heteroatoms. The van der Waals surface area contributed by atoms with E-state index in [9.17, 15) is 18.8 Å². The van der Waals surface area contributed by atoms with Crippen molar-refractivity contribution in [1.29, 1.82) is 0 Å². The van der Waals surface area contributed by atoms with Gasteiger partial charge in [0.2, 0.25) is 0 Å². The highest BCUT2D eigenvalue weighted by Gasteiger charge is 2.20. The van der Waals surface area contributed by atoms with Gasteiger partial charge in [0.1, 0.15) is 11.5 Å². The van der Waals surface area contributed by atoms with Gasteiger partial charge >= 0.3 is 5.69 Å². The van der Waals surface area contributed by atoms with Crippen molar-refractivity contribution >= 4 is 33.6 Å². The first-order valence-electron chi connectivity index (χ1n) is 8.09. The number of pyridine rings is 1. The molecule has 2 aromatic heterocycles. The van der Waals surface area contributed by atoms with Crippen LogP contribution in [0.15, 0.2) is 38.6 Å². The van der Waals surface area contributed by atoms with Crippen molar-refractivity contribution in [2.45, 2.75) is 26.8 Å². The van der Waals surface area contributed by atoms with Gasteiger partial charge in [-0.25, -0.2) is 13.8 Å². The summed E-state index contributed by atoms with van der Waals surface area (Å²) < 4.78 is 18.7. The molecule has 0 radical (unpaired) electrons. The van der Waals surface area contributed by atoms with Crippen LogP contribution >= 0.6 is 22.6 Å². The van der Waals surface area contributed by atoms with E-state index < -0.39 is 17.1 Å². The van der Waals surface area contributed by atoms with Crippen molar-refractivity contribution in [3.63, 3.8) is 0 Å². The van der Waals surface area contributed by atoms with E-state index in [1.807, 2.05) is 29.5 Å². The maximum absolute atomic E-state index is 14.6. The highest BCUT2D eigenvalue weighted by atomic mass is 127. The molecule has 2 heterocycles. The number of nitrogens with zero attached hydrogens (tertiary/aromatic N) is 3. The van der Waals surface area contributed by atoms with Crippen LogP contribution in [0.1, 0.15) is 18.9 Å². The van der Waals surface area contributed by atoms with Crippen LogP contribution in [-0.4, -0.2) is 13.7 Å². The molecule has 0 N–H and O–H groups in total. The molecule has 0 fully saturated rings. The van der Waals surface area contributed by atoms with Gasteiger partial charge in [0.05, 0.1) is 11.1 Å². The molecule has 3 rings (SSSR count). The number of aryl methyl sites for hydroxylation is 2. The number of aromatic nitrogens is 3. The second-order valence-corrected chi connectivity index (χ2v) is 7.34. The molecule has 0 unspecified atom stereocenters. The van der Waals surface area contributed by atoms with Gasteiger partial charge < -0.3 is 0 Å². The maximum atomic E-state index is 14.6. The Morgan fingerprint density at radius 2 is 1.81 bits per heavy atom. The lowest BCUT2D eigenvalue weighted by molar-refractivity contribution is 0.583. The standard InChI is InChI=1S/C18H17FIN3O3/c1-4-7-22-17(25)12-8-10(2)16(24)21(3)15(12)23(18(22)26)14-6-5-11(20)9-13(14)19/h5-6,8-9H,4,7H2,1-3H3. The monoisotopic (exact) mass is 469 g/mol. The van der Waals surface area contributed by atoms with E-state index in [1.165, 1.54) is 29.8 Å². The molecule has 0 aliphatic carbocycles. The van der Waals surface area contributed by atoms with E-state index in [0.717, 1.165) is 9.13 Å². The second-order valence-electron chi connectivity index (χ2n) is 6.10. The SMILES string of the molecule is CCCn1c(=O)c2cc(C)c(=O)n(C)c2n(-c2ccc(I)cc2F)c1=O. The topological polar surface area (TPSA) is 66.0 Å². The maximum Gasteiger partial charge on any atom is 0.337 e. The predicted octanol–water partition coefficient (Wildman–Crippen LogP) is 2.31. The minimum atomic E-state index is -0.664. The van der Waals surface area contributed by atoms with Gasteiger partial charge in [-0.1, -0.05) is 6.92 Å². The zero-order valence-corrected chi connectivity index (χ0v) is 16.7. The lowest BCUT2D eigenvalue weighted by atomic mass is 10.2. The molecule has 0 spiro atoms. The molecular weight excluding hydrogens is 452 g/mol. The minimum absolute atomic E-state index is 0.00382. The van der Waals surface area contributed by atoms with Crippen LogP contribution in [0.2, 0.25) is 0 Å². The molecule has 26 heavy (non-hydrogen) atoms. The number of benzene rings is 1. The quantitative estimate of drug-likeness (QED) is 0.554. The molecule has 0 saturated heterocycles. The van der Waals surface area contributed by atoms with E-state index in [-0.39, 0.29) is 28.8 Å². The van der Waals surface area contributed by atoms with Crippen LogP contribution in [-0.2, 0) is 13.6 Å². The number of fused-ring (bicyclic) bond motifs is 1. The Kier molecular flexibility index (Phi) is 4.87. The van der Waals surface area contributed by atoms with Gasteiger partial charge in [0, 0.05) is 22.7 Å². The number of rotatable bonds is 3. The summed E-state index contributed by atoms with van der Waals surface area (Å²) in [7, 11) is 1.47. The van der Waals surface area contributed by atoms with Crippen LogP contribution in [0.25, 0.3) is 16.7 Å². The van der Waals surface area contributed by atoms with E-state index in [2.05, 4.69) is 0 Å². The summed E-state index contributed by atoms with van der Waals surface area (Å²) in [6.07, 6.45) is 0.570. The molecule has 0 amide bonds. The van der Waals surface area contributed by atoms with Gasteiger partial charge in [-0.15, -0.1) is 0 Å². The van der Waals surface area contributed by atoms with E-state index in [0.29, 0.717) is 15.6 Å². The molecule has 0 bridgehead atoms. The van der Waals surface area contributed by atoms with Crippen LogP contribution in [0.5, 0.6) is 0 Å². The molecule has 1 aromatic carbocycles. The summed E-state index contributed by atoms with van der Waals surface area (Å²) in [5, 5.41) is 0.204. The molecule has 0 atom stereocenters. The van der Waals surface area contributed by atoms with Crippen molar-refractivity contribution in [2.24, 2.45) is 7.05 Å². The Morgan fingerprint density at radius 3 is 2.42 bits per heavy atom. The second kappa shape index (κ2) is 6.82. The predicted molar refractivity (Wildman–Crippen MR) is 107 cm³/mol. The Balaban J connectivity index is 2.64. The third kappa shape index (κ3) is 2.81. The summed E-state index contributed by atoms with van der Waals surface area (Å²) in [6, 6.07) is 5.91. The number of hydrogen-bond donors (Lipinski definition) is 0. The summed E-state index contributed by atoms with van der Waals surface area (Å²) in [4.78, 5) is 38.2. The van der Waals surface area contributed by atoms with Gasteiger partial charge in [-0.05, 0) is 60.2 Å². The van der Waals surface area contributed by atoms with Crippen LogP contribution < -0.4 is 16.8 Å². The summed E-state index contributed by atoms with van der Waals surface area (Å²) in [5.41, 5.74) is -1.01. The van der Waals surface area contributed by atoms with E-state index in [4.69, 9.17) is 0 Å². The van der Waals surface area contributed by atoms with Crippen LogP contribution in [0.3, 0.4) is 0 Å². The lowest BCUT2D eigenvalue weighted by Gasteiger charge is -2.17. The average Bonchev–Trinajstić information content (AvgIpc) is 2.59. The molecule has 0 aliphatic heterocycles. The van der Waals surface area contributed by atoms with Crippen molar-refractivity contribution in [1.82, 2.24) is 13.7 Å². The fourth-order valence-electron chi connectivity index (χ4n) is 3.06. The zero-order chi connectivity index (χ0) is 19.2. The van der Waals surface area contributed by atoms with Crippen molar-refractivity contribution in [2.75, 3.05) is 0 Å². The summed E-state index contributed by atoms with van der Waals surface area (Å²) >= 11 is 1.97. The van der Waals surface area contributed by atoms with Crippen molar-refractivity contribution in [3.05, 3.63) is 70.4 Å². The highest BCUT2D eigenvalue weighted by Crippen LogP contribution is 2.18. The first kappa shape index (κ1) is 18.6. The summed E-state index contributed by atoms with van der Waals surface area (Å²) in [5.74, 6) is -0.602. The summed E-state index contributed by atoms with van der Waals surface area (Å²) in [6.45, 7) is 3.66. The molecular formula is C18H17FIN3O3. The molecule has 0 saturated carbocycles. The van der Waals surface area contributed by atoms with Gasteiger partial charge in [0.25, 0.3) is 11.1 Å². The zero-order valence-electron chi connectivity index (χ0n) is 14.5. The minimum Gasteiger partial charge on any atom is -0.296 e. The highest BCUT2D eigenvalue weighted by molar-refractivity contribution is 14.1. The van der Waals surface area contributed by atoms with E-state index in [1.54, 1.807) is 13.0 Å². The fourth-order valence-corrected chi connectivity index (χ4v) is 3.51. The normalized spacial score (nSPS) is 11.3. The van der Waals surface area contributed by atoms with Crippen molar-refractivity contribution < 1.29 is 4.39 Å². The molecule has 0 aliphatic rings.